The SMILES string of the molecule is COc1ccc(OC)c(CC(=O)Nc2ccc(C(C#N)c3ccccc3)c(Cl)c2)c1. The highest BCUT2D eigenvalue weighted by Gasteiger charge is 2.17. The number of carbonyl (C=O) groups is 1. The number of methoxy groups -OCH3 is 2. The molecule has 0 aliphatic carbocycles. The van der Waals surface area contributed by atoms with E-state index in [1.165, 1.54) is 0 Å². The first kappa shape index (κ1) is 21.2. The molecule has 6 heteroatoms. The molecule has 0 bridgehead atoms. The first-order chi connectivity index (χ1) is 14.5. The number of benzene rings is 3. The topological polar surface area (TPSA) is 71.3 Å². The summed E-state index contributed by atoms with van der Waals surface area (Å²) in [5.74, 6) is 0.559. The summed E-state index contributed by atoms with van der Waals surface area (Å²) in [6, 6.07) is 22.2. The lowest BCUT2D eigenvalue weighted by Crippen LogP contribution is -2.15. The molecule has 152 valence electrons. The van der Waals surface area contributed by atoms with Gasteiger partial charge in [0.05, 0.1) is 32.6 Å². The van der Waals surface area contributed by atoms with Crippen LogP contribution in [0, 0.1) is 11.3 Å². The van der Waals surface area contributed by atoms with E-state index in [1.54, 1.807) is 50.6 Å². The van der Waals surface area contributed by atoms with Gasteiger partial charge < -0.3 is 14.8 Å². The number of ether oxygens (including phenoxy) is 2. The minimum atomic E-state index is -0.482. The van der Waals surface area contributed by atoms with Crippen molar-refractivity contribution in [3.05, 3.63) is 88.4 Å². The zero-order valence-electron chi connectivity index (χ0n) is 16.7. The molecule has 1 atom stereocenters. The molecule has 0 saturated carbocycles. The molecule has 0 heterocycles. The Balaban J connectivity index is 1.76. The van der Waals surface area contributed by atoms with Crippen molar-refractivity contribution in [3.63, 3.8) is 0 Å². The zero-order valence-corrected chi connectivity index (χ0v) is 17.4. The Hall–Kier alpha value is -3.49. The molecule has 1 unspecified atom stereocenters. The second-order valence-corrected chi connectivity index (χ2v) is 7.02. The molecule has 0 spiro atoms. The maximum absolute atomic E-state index is 12.6. The van der Waals surface area contributed by atoms with E-state index >= 15 is 0 Å². The zero-order chi connectivity index (χ0) is 21.5. The average molecular weight is 421 g/mol. The summed E-state index contributed by atoms with van der Waals surface area (Å²) in [4.78, 5) is 12.6. The van der Waals surface area contributed by atoms with Crippen LogP contribution in [0.3, 0.4) is 0 Å². The maximum atomic E-state index is 12.6. The second kappa shape index (κ2) is 9.82. The summed E-state index contributed by atoms with van der Waals surface area (Å²) in [7, 11) is 3.12. The van der Waals surface area contributed by atoms with Gasteiger partial charge in [-0.3, -0.25) is 4.79 Å². The average Bonchev–Trinajstić information content (AvgIpc) is 2.76. The van der Waals surface area contributed by atoms with E-state index in [1.807, 2.05) is 30.3 Å². The monoisotopic (exact) mass is 420 g/mol. The largest absolute Gasteiger partial charge is 0.497 e. The Bertz CT molecular complexity index is 1080. The number of rotatable bonds is 7. The first-order valence-corrected chi connectivity index (χ1v) is 9.68. The third kappa shape index (κ3) is 4.91. The van der Waals surface area contributed by atoms with Gasteiger partial charge in [0.15, 0.2) is 0 Å². The molecule has 0 fully saturated rings. The number of nitriles is 1. The Labute approximate surface area is 180 Å². The Morgan fingerprint density at radius 2 is 1.83 bits per heavy atom. The summed E-state index contributed by atoms with van der Waals surface area (Å²) in [5.41, 5.74) is 2.83. The molecule has 30 heavy (non-hydrogen) atoms. The second-order valence-electron chi connectivity index (χ2n) is 6.61. The maximum Gasteiger partial charge on any atom is 0.228 e. The molecule has 3 rings (SSSR count). The highest BCUT2D eigenvalue weighted by Crippen LogP contribution is 2.32. The van der Waals surface area contributed by atoms with Crippen molar-refractivity contribution in [3.8, 4) is 17.6 Å². The van der Waals surface area contributed by atoms with Crippen LogP contribution in [0.25, 0.3) is 0 Å². The van der Waals surface area contributed by atoms with Crippen molar-refractivity contribution in [1.29, 1.82) is 5.26 Å². The fourth-order valence-electron chi connectivity index (χ4n) is 3.21. The molecular formula is C24H21ClN2O3. The van der Waals surface area contributed by atoms with E-state index in [2.05, 4.69) is 11.4 Å². The number of anilines is 1. The van der Waals surface area contributed by atoms with Gasteiger partial charge in [0.1, 0.15) is 11.5 Å². The molecule has 3 aromatic rings. The lowest BCUT2D eigenvalue weighted by atomic mass is 9.92. The van der Waals surface area contributed by atoms with Gasteiger partial charge in [0.25, 0.3) is 0 Å². The van der Waals surface area contributed by atoms with Crippen LogP contribution >= 0.6 is 11.6 Å². The van der Waals surface area contributed by atoms with Gasteiger partial charge in [-0.2, -0.15) is 5.26 Å². The van der Waals surface area contributed by atoms with Crippen molar-refractivity contribution < 1.29 is 14.3 Å². The molecule has 0 radical (unpaired) electrons. The minimum Gasteiger partial charge on any atom is -0.497 e. The van der Waals surface area contributed by atoms with E-state index in [0.29, 0.717) is 33.3 Å². The van der Waals surface area contributed by atoms with Crippen molar-refractivity contribution >= 4 is 23.2 Å². The Morgan fingerprint density at radius 1 is 1.07 bits per heavy atom. The van der Waals surface area contributed by atoms with E-state index in [0.717, 1.165) is 5.56 Å². The van der Waals surface area contributed by atoms with E-state index in [9.17, 15) is 10.1 Å². The number of halogens is 1. The van der Waals surface area contributed by atoms with Gasteiger partial charge in [0.2, 0.25) is 5.91 Å². The Morgan fingerprint density at radius 3 is 2.47 bits per heavy atom. The van der Waals surface area contributed by atoms with E-state index in [-0.39, 0.29) is 12.3 Å². The van der Waals surface area contributed by atoms with Crippen LogP contribution in [-0.4, -0.2) is 20.1 Å². The van der Waals surface area contributed by atoms with Crippen molar-refractivity contribution in [2.24, 2.45) is 0 Å². The predicted molar refractivity (Wildman–Crippen MR) is 117 cm³/mol. The van der Waals surface area contributed by atoms with Crippen LogP contribution in [0.5, 0.6) is 11.5 Å². The van der Waals surface area contributed by atoms with E-state index in [4.69, 9.17) is 21.1 Å². The van der Waals surface area contributed by atoms with Crippen LogP contribution < -0.4 is 14.8 Å². The summed E-state index contributed by atoms with van der Waals surface area (Å²) < 4.78 is 10.5. The molecule has 0 aliphatic heterocycles. The molecule has 1 amide bonds. The van der Waals surface area contributed by atoms with Gasteiger partial charge in [-0.1, -0.05) is 48.0 Å². The number of nitrogens with zero attached hydrogens (tertiary/aromatic N) is 1. The van der Waals surface area contributed by atoms with Crippen molar-refractivity contribution in [2.75, 3.05) is 19.5 Å². The van der Waals surface area contributed by atoms with Crippen molar-refractivity contribution in [1.82, 2.24) is 0 Å². The molecule has 3 aromatic carbocycles. The standard InChI is InChI=1S/C24H21ClN2O3/c1-29-19-9-11-23(30-2)17(12-19)13-24(28)27-18-8-10-20(22(25)14-18)21(15-26)16-6-4-3-5-7-16/h3-12,14,21H,13H2,1-2H3,(H,27,28). The fourth-order valence-corrected chi connectivity index (χ4v) is 3.50. The van der Waals surface area contributed by atoms with Crippen LogP contribution in [0.1, 0.15) is 22.6 Å². The fraction of sp³-hybridized carbons (Fsp3) is 0.167. The predicted octanol–water partition coefficient (Wildman–Crippen LogP) is 5.19. The van der Waals surface area contributed by atoms with Crippen LogP contribution in [0.4, 0.5) is 5.69 Å². The van der Waals surface area contributed by atoms with Gasteiger partial charge in [-0.15, -0.1) is 0 Å². The van der Waals surface area contributed by atoms with Crippen molar-refractivity contribution in [2.45, 2.75) is 12.3 Å². The van der Waals surface area contributed by atoms with Crippen LogP contribution in [0.15, 0.2) is 66.7 Å². The number of hydrogen-bond acceptors (Lipinski definition) is 4. The third-order valence-electron chi connectivity index (χ3n) is 4.70. The van der Waals surface area contributed by atoms with Gasteiger partial charge in [-0.05, 0) is 41.5 Å². The normalized spacial score (nSPS) is 11.3. The van der Waals surface area contributed by atoms with Gasteiger partial charge >= 0.3 is 0 Å². The number of amides is 1. The molecule has 0 aromatic heterocycles. The highest BCUT2D eigenvalue weighted by molar-refractivity contribution is 6.31. The molecule has 5 nitrogen and oxygen atoms in total. The summed E-state index contributed by atoms with van der Waals surface area (Å²) in [5, 5.41) is 12.9. The summed E-state index contributed by atoms with van der Waals surface area (Å²) >= 11 is 6.44. The number of carbonyl (C=O) groups excluding carboxylic acids is 1. The number of nitrogens with one attached hydrogen (secondary N) is 1. The van der Waals surface area contributed by atoms with Crippen LogP contribution in [0.2, 0.25) is 5.02 Å². The first-order valence-electron chi connectivity index (χ1n) is 9.30. The highest BCUT2D eigenvalue weighted by atomic mass is 35.5. The van der Waals surface area contributed by atoms with E-state index < -0.39 is 5.92 Å². The number of hydrogen-bond donors (Lipinski definition) is 1. The summed E-state index contributed by atoms with van der Waals surface area (Å²) in [6.07, 6.45) is 0.116. The molecule has 0 aliphatic rings. The molecular weight excluding hydrogens is 400 g/mol. The Kier molecular flexibility index (Phi) is 6.95. The quantitative estimate of drug-likeness (QED) is 0.570. The molecule has 0 saturated heterocycles. The molecule has 1 N–H and O–H groups in total. The minimum absolute atomic E-state index is 0.116. The van der Waals surface area contributed by atoms with Gasteiger partial charge in [0, 0.05) is 16.3 Å². The third-order valence-corrected chi connectivity index (χ3v) is 5.02. The summed E-state index contributed by atoms with van der Waals surface area (Å²) in [6.45, 7) is 0. The smallest absolute Gasteiger partial charge is 0.228 e. The lowest BCUT2D eigenvalue weighted by Gasteiger charge is -2.14. The van der Waals surface area contributed by atoms with Gasteiger partial charge in [-0.25, -0.2) is 0 Å². The lowest BCUT2D eigenvalue weighted by molar-refractivity contribution is -0.115. The van der Waals surface area contributed by atoms with Crippen LogP contribution in [-0.2, 0) is 11.2 Å².